The molecule has 0 aromatic carbocycles. The number of esters is 1. The Labute approximate surface area is 426 Å². The third-order valence-electron chi connectivity index (χ3n) is 20.4. The molecule has 4 aliphatic heterocycles. The minimum absolute atomic E-state index is 0.122. The Morgan fingerprint density at radius 3 is 1.89 bits per heavy atom. The van der Waals surface area contributed by atoms with E-state index in [1.165, 1.54) is 12.5 Å². The van der Waals surface area contributed by atoms with Crippen LogP contribution >= 0.6 is 0 Å². The molecule has 0 aromatic rings. The second kappa shape index (κ2) is 20.4. The summed E-state index contributed by atoms with van der Waals surface area (Å²) < 4.78 is 48.8. The number of aliphatic hydroxyl groups is 12. The lowest BCUT2D eigenvalue weighted by atomic mass is 9.34. The highest BCUT2D eigenvalue weighted by molar-refractivity contribution is 5.79. The van der Waals surface area contributed by atoms with E-state index in [2.05, 4.69) is 47.3 Å². The summed E-state index contributed by atoms with van der Waals surface area (Å²) in [6.07, 6.45) is -20.7. The summed E-state index contributed by atoms with van der Waals surface area (Å²) in [7, 11) is 0. The number of ether oxygens (including phenoxy) is 8. The van der Waals surface area contributed by atoms with Crippen LogP contribution in [-0.2, 0) is 42.7 Å². The molecule has 5 aliphatic carbocycles. The first-order valence-electron chi connectivity index (χ1n) is 26.4. The van der Waals surface area contributed by atoms with Gasteiger partial charge in [-0.2, -0.15) is 0 Å². The van der Waals surface area contributed by atoms with Crippen molar-refractivity contribution in [2.45, 2.75) is 229 Å². The highest BCUT2D eigenvalue weighted by Gasteiger charge is 2.70. The molecule has 27 atom stereocenters. The van der Waals surface area contributed by atoms with E-state index in [1.54, 1.807) is 0 Å². The Morgan fingerprint density at radius 2 is 1.25 bits per heavy atom. The van der Waals surface area contributed by atoms with Gasteiger partial charge in [0.25, 0.3) is 0 Å². The molecule has 0 amide bonds. The minimum atomic E-state index is -1.83. The van der Waals surface area contributed by atoms with Gasteiger partial charge >= 0.3 is 5.97 Å². The highest BCUT2D eigenvalue weighted by atomic mass is 16.8. The van der Waals surface area contributed by atoms with Gasteiger partial charge in [-0.25, -0.2) is 0 Å². The third-order valence-corrected chi connectivity index (χ3v) is 20.4. The summed E-state index contributed by atoms with van der Waals surface area (Å²) in [5.41, 5.74) is 0.0726. The molecule has 4 saturated heterocycles. The van der Waals surface area contributed by atoms with Crippen LogP contribution in [0.15, 0.2) is 23.8 Å². The molecular formula is C52H82O21. The molecule has 0 radical (unpaired) electrons. The Kier molecular flexibility index (Phi) is 15.7. The normalized spacial score (nSPS) is 54.0. The number of carbonyl (C=O) groups excluding carboxylic acids is 1. The van der Waals surface area contributed by atoms with E-state index in [9.17, 15) is 66.1 Å². The van der Waals surface area contributed by atoms with Crippen molar-refractivity contribution in [2.75, 3.05) is 19.8 Å². The fourth-order valence-electron chi connectivity index (χ4n) is 15.8. The van der Waals surface area contributed by atoms with Crippen LogP contribution in [0.25, 0.3) is 0 Å². The Bertz CT molecular complexity index is 2040. The SMILES string of the molecule is C=C1CC[C@@]2(C(=O)O[C@H]3O[C@H](CO)[C@H](O)[C@@H](O)[C@@H]3O)CC[C@]3(C)C(=CC[C@@H]4[C@]5(C)CC[C@@H](O[C@@H]6OC[C@H](O)[C@H](O[C@H]7O[C@@H](CO)[C@@H](O)[C@@H](O)[C@@H]7O)[C@H]6O[C@H]6O[C@H](C)[C@@H](O)[C@H](O)[C@H]6O)C(C)(C)[C@H]5CC[C@@]43C)[C@@H]2C1. The Balaban J connectivity index is 0.966. The largest absolute Gasteiger partial charge is 0.432 e. The number of allylic oxidation sites excluding steroid dienone is 3. The molecule has 416 valence electrons. The number of hydrogen-bond donors (Lipinski definition) is 12. The smallest absolute Gasteiger partial charge is 0.315 e. The van der Waals surface area contributed by atoms with Crippen LogP contribution in [0.2, 0.25) is 0 Å². The van der Waals surface area contributed by atoms with Crippen molar-refractivity contribution in [1.82, 2.24) is 0 Å². The van der Waals surface area contributed by atoms with E-state index in [4.69, 9.17) is 37.9 Å². The van der Waals surface area contributed by atoms with E-state index in [0.29, 0.717) is 38.5 Å². The van der Waals surface area contributed by atoms with E-state index >= 15 is 0 Å². The first-order chi connectivity index (χ1) is 34.3. The van der Waals surface area contributed by atoms with Gasteiger partial charge in [0.1, 0.15) is 85.5 Å². The average molecular weight is 1040 g/mol. The molecule has 8 fully saturated rings. The van der Waals surface area contributed by atoms with Gasteiger partial charge in [0, 0.05) is 5.92 Å². The maximum Gasteiger partial charge on any atom is 0.315 e. The second-order valence-corrected chi connectivity index (χ2v) is 24.4. The summed E-state index contributed by atoms with van der Waals surface area (Å²) in [6, 6.07) is 0. The van der Waals surface area contributed by atoms with E-state index in [1.807, 2.05) is 0 Å². The maximum atomic E-state index is 14.6. The van der Waals surface area contributed by atoms with Crippen LogP contribution in [0.1, 0.15) is 106 Å². The van der Waals surface area contributed by atoms with Gasteiger partial charge in [-0.15, -0.1) is 0 Å². The predicted molar refractivity (Wildman–Crippen MR) is 251 cm³/mol. The van der Waals surface area contributed by atoms with E-state index in [0.717, 1.165) is 31.3 Å². The van der Waals surface area contributed by atoms with E-state index in [-0.39, 0.29) is 40.6 Å². The predicted octanol–water partition coefficient (Wildman–Crippen LogP) is -0.839. The van der Waals surface area contributed by atoms with Crippen molar-refractivity contribution in [3.8, 4) is 0 Å². The number of aliphatic hydroxyl groups excluding tert-OH is 12. The van der Waals surface area contributed by atoms with Crippen molar-refractivity contribution in [1.29, 1.82) is 0 Å². The molecule has 9 aliphatic rings. The molecule has 9 rings (SSSR count). The van der Waals surface area contributed by atoms with Gasteiger partial charge in [0.15, 0.2) is 18.9 Å². The van der Waals surface area contributed by atoms with Gasteiger partial charge in [0.2, 0.25) is 6.29 Å². The lowest BCUT2D eigenvalue weighted by Crippen LogP contribution is -2.67. The molecular weight excluding hydrogens is 961 g/mol. The molecule has 4 heterocycles. The molecule has 21 heteroatoms. The zero-order chi connectivity index (χ0) is 53.1. The molecule has 0 spiro atoms. The number of fused-ring (bicyclic) bond motifs is 7. The maximum absolute atomic E-state index is 14.6. The van der Waals surface area contributed by atoms with Crippen LogP contribution in [-0.4, -0.2) is 210 Å². The molecule has 0 unspecified atom stereocenters. The zero-order valence-electron chi connectivity index (χ0n) is 42.8. The topological polar surface area (TPSA) is 334 Å². The van der Waals surface area contributed by atoms with Gasteiger partial charge < -0.3 is 99.2 Å². The first kappa shape index (κ1) is 55.9. The van der Waals surface area contributed by atoms with Crippen LogP contribution < -0.4 is 0 Å². The van der Waals surface area contributed by atoms with Crippen LogP contribution in [0, 0.1) is 44.8 Å². The van der Waals surface area contributed by atoms with Crippen molar-refractivity contribution in [3.63, 3.8) is 0 Å². The first-order valence-corrected chi connectivity index (χ1v) is 26.4. The lowest BCUT2D eigenvalue weighted by Gasteiger charge is -2.71. The Morgan fingerprint density at radius 1 is 0.658 bits per heavy atom. The number of carbonyl (C=O) groups is 1. The summed E-state index contributed by atoms with van der Waals surface area (Å²) in [5.74, 6) is -0.431. The third kappa shape index (κ3) is 9.02. The second-order valence-electron chi connectivity index (χ2n) is 24.4. The standard InChI is InChI=1S/C52H82O21/c1-22-10-15-52(47(65)73-45-40(64)37(61)34(58)28(20-54)69-45)17-16-50(6)24(25(52)18-22)8-9-30-49(5)13-12-31(48(3,4)29(49)11-14-51(30,50)7)70-46-42(72-43-38(62)35(59)32(56)23(2)67-43)41(26(55)21-66-46)71-44-39(63)36(60)33(57)27(19-53)68-44/h8,23,25-46,53-64H,1,9-21H2,2-7H3/t23-,25+,26+,27+,28-,29-,30-,31-,32-,33-,34+,35+,36-,37-,38-,39+,40+,41+,42-,43-,44-,45-,46+,49-,50-,51+,52-/m1/s1. The van der Waals surface area contributed by atoms with Crippen LogP contribution in [0.5, 0.6) is 0 Å². The van der Waals surface area contributed by atoms with Crippen molar-refractivity contribution >= 4 is 5.97 Å². The zero-order valence-corrected chi connectivity index (χ0v) is 42.8. The summed E-state index contributed by atoms with van der Waals surface area (Å²) >= 11 is 0. The lowest BCUT2D eigenvalue weighted by molar-refractivity contribution is -0.388. The molecule has 0 bridgehead atoms. The number of rotatable bonds is 10. The fraction of sp³-hybridized carbons (Fsp3) is 0.904. The van der Waals surface area contributed by atoms with Gasteiger partial charge in [-0.1, -0.05) is 58.4 Å². The van der Waals surface area contributed by atoms with E-state index < -0.39 is 153 Å². The molecule has 21 nitrogen and oxygen atoms in total. The highest BCUT2D eigenvalue weighted by Crippen LogP contribution is 2.75. The van der Waals surface area contributed by atoms with Crippen LogP contribution in [0.3, 0.4) is 0 Å². The monoisotopic (exact) mass is 1040 g/mol. The summed E-state index contributed by atoms with van der Waals surface area (Å²) in [4.78, 5) is 14.6. The van der Waals surface area contributed by atoms with Crippen LogP contribution in [0.4, 0.5) is 0 Å². The molecule has 73 heavy (non-hydrogen) atoms. The van der Waals surface area contributed by atoms with Gasteiger partial charge in [0.05, 0.1) is 37.4 Å². The molecule has 4 saturated carbocycles. The molecule has 12 N–H and O–H groups in total. The van der Waals surface area contributed by atoms with Crippen molar-refractivity contribution in [3.05, 3.63) is 23.8 Å². The quantitative estimate of drug-likeness (QED) is 0.0721. The Hall–Kier alpha value is -1.81. The van der Waals surface area contributed by atoms with Gasteiger partial charge in [-0.3, -0.25) is 4.79 Å². The van der Waals surface area contributed by atoms with Gasteiger partial charge in [-0.05, 0) is 105 Å². The molecule has 0 aromatic heterocycles. The fourth-order valence-corrected chi connectivity index (χ4v) is 15.8. The number of hydrogen-bond acceptors (Lipinski definition) is 21. The minimum Gasteiger partial charge on any atom is -0.432 e. The summed E-state index contributed by atoms with van der Waals surface area (Å²) in [5, 5.41) is 127. The summed E-state index contributed by atoms with van der Waals surface area (Å²) in [6.45, 7) is 15.7. The van der Waals surface area contributed by atoms with Crippen molar-refractivity contribution < 1.29 is 104 Å². The van der Waals surface area contributed by atoms with Crippen molar-refractivity contribution in [2.24, 2.45) is 44.8 Å². The average Bonchev–Trinajstić information content (AvgIpc) is 3.35.